The highest BCUT2D eigenvalue weighted by Crippen LogP contribution is 2.34. The number of hydrogen-bond donors (Lipinski definition) is 2. The van der Waals surface area contributed by atoms with E-state index in [2.05, 4.69) is 10.7 Å². The summed E-state index contributed by atoms with van der Waals surface area (Å²) >= 11 is 0. The molecule has 33 heavy (non-hydrogen) atoms. The first-order valence-corrected chi connectivity index (χ1v) is 9.85. The molecule has 1 fully saturated rings. The Kier molecular flexibility index (Phi) is 7.00. The number of aryl methyl sites for hydroxylation is 1. The van der Waals surface area contributed by atoms with Crippen molar-refractivity contribution < 1.29 is 37.1 Å². The Morgan fingerprint density at radius 3 is 2.55 bits per heavy atom. The van der Waals surface area contributed by atoms with Crippen molar-refractivity contribution in [1.29, 1.82) is 0 Å². The maximum Gasteiger partial charge on any atom is 0.418 e. The zero-order chi connectivity index (χ0) is 24.2. The lowest BCUT2D eigenvalue weighted by molar-refractivity contribution is -0.151. The van der Waals surface area contributed by atoms with Crippen molar-refractivity contribution in [2.24, 2.45) is 5.92 Å². The van der Waals surface area contributed by atoms with Crippen LogP contribution in [0.15, 0.2) is 48.5 Å². The van der Waals surface area contributed by atoms with Crippen LogP contribution in [0, 0.1) is 12.8 Å². The SMILES string of the molecule is Cc1cccc(C(=O)NN2C[C@H](C(=O)OCC(=O)Nc3ccccc3C(F)(F)F)CC2=O)c1. The molecule has 1 aliphatic heterocycles. The standard InChI is InChI=1S/C22H20F3N3O5/c1-13-5-4-6-14(9-13)20(31)27-28-11-15(10-19(28)30)21(32)33-12-18(29)26-17-8-3-2-7-16(17)22(23,24)25/h2-9,15H,10-12H2,1H3,(H,26,29)(H,27,31)/t15-/m1/s1. The smallest absolute Gasteiger partial charge is 0.418 e. The second-order valence-electron chi connectivity index (χ2n) is 7.42. The number of hydrazine groups is 1. The first kappa shape index (κ1) is 23.8. The molecule has 0 saturated carbocycles. The minimum absolute atomic E-state index is 0.159. The molecule has 174 valence electrons. The average molecular weight is 463 g/mol. The molecule has 2 aromatic rings. The molecule has 0 bridgehead atoms. The van der Waals surface area contributed by atoms with E-state index in [1.54, 1.807) is 18.2 Å². The molecule has 11 heteroatoms. The largest absolute Gasteiger partial charge is 0.455 e. The number of benzene rings is 2. The van der Waals surface area contributed by atoms with Crippen molar-refractivity contribution >= 4 is 29.4 Å². The highest BCUT2D eigenvalue weighted by Gasteiger charge is 2.37. The van der Waals surface area contributed by atoms with Crippen LogP contribution in [0.25, 0.3) is 0 Å². The van der Waals surface area contributed by atoms with E-state index in [0.29, 0.717) is 5.56 Å². The van der Waals surface area contributed by atoms with E-state index in [9.17, 15) is 32.3 Å². The summed E-state index contributed by atoms with van der Waals surface area (Å²) in [5.41, 5.74) is 2.12. The van der Waals surface area contributed by atoms with Crippen LogP contribution in [-0.2, 0) is 25.3 Å². The van der Waals surface area contributed by atoms with Crippen LogP contribution in [0.2, 0.25) is 0 Å². The third kappa shape index (κ3) is 6.09. The number of hydrogen-bond acceptors (Lipinski definition) is 5. The Hall–Kier alpha value is -3.89. The van der Waals surface area contributed by atoms with Gasteiger partial charge in [0.05, 0.1) is 23.7 Å². The van der Waals surface area contributed by atoms with Crippen molar-refractivity contribution in [2.75, 3.05) is 18.5 Å². The van der Waals surface area contributed by atoms with Gasteiger partial charge in [0.15, 0.2) is 6.61 Å². The lowest BCUT2D eigenvalue weighted by Crippen LogP contribution is -2.43. The molecule has 2 N–H and O–H groups in total. The molecule has 0 aliphatic carbocycles. The topological polar surface area (TPSA) is 105 Å². The number of esters is 1. The van der Waals surface area contributed by atoms with Gasteiger partial charge in [-0.3, -0.25) is 29.6 Å². The number of anilines is 1. The fourth-order valence-electron chi connectivity index (χ4n) is 3.23. The number of nitrogens with one attached hydrogen (secondary N) is 2. The lowest BCUT2D eigenvalue weighted by Gasteiger charge is -2.18. The van der Waals surface area contributed by atoms with Crippen LogP contribution in [0.1, 0.15) is 27.9 Å². The van der Waals surface area contributed by atoms with Gasteiger partial charge in [-0.25, -0.2) is 0 Å². The Morgan fingerprint density at radius 2 is 1.85 bits per heavy atom. The van der Waals surface area contributed by atoms with Crippen LogP contribution in [0.3, 0.4) is 0 Å². The van der Waals surface area contributed by atoms with Gasteiger partial charge in [-0.15, -0.1) is 0 Å². The monoisotopic (exact) mass is 463 g/mol. The van der Waals surface area contributed by atoms with Crippen molar-refractivity contribution in [1.82, 2.24) is 10.4 Å². The van der Waals surface area contributed by atoms with Gasteiger partial charge in [-0.2, -0.15) is 13.2 Å². The normalized spacial score (nSPS) is 15.8. The summed E-state index contributed by atoms with van der Waals surface area (Å²) in [6, 6.07) is 11.1. The number of alkyl halides is 3. The molecule has 0 unspecified atom stereocenters. The fourth-order valence-corrected chi connectivity index (χ4v) is 3.23. The van der Waals surface area contributed by atoms with Crippen molar-refractivity contribution in [3.8, 4) is 0 Å². The molecular weight excluding hydrogens is 443 g/mol. The van der Waals surface area contributed by atoms with E-state index >= 15 is 0 Å². The molecule has 1 saturated heterocycles. The van der Waals surface area contributed by atoms with Crippen molar-refractivity contribution in [3.05, 3.63) is 65.2 Å². The highest BCUT2D eigenvalue weighted by molar-refractivity contribution is 5.97. The van der Waals surface area contributed by atoms with Gasteiger partial charge in [-0.05, 0) is 31.2 Å². The number of para-hydroxylation sites is 1. The van der Waals surface area contributed by atoms with E-state index < -0.39 is 53.6 Å². The summed E-state index contributed by atoms with van der Waals surface area (Å²) in [6.07, 6.45) is -4.91. The number of carbonyl (C=O) groups excluding carboxylic acids is 4. The Morgan fingerprint density at radius 1 is 1.12 bits per heavy atom. The van der Waals surface area contributed by atoms with Crippen LogP contribution in [0.4, 0.5) is 18.9 Å². The Bertz CT molecular complexity index is 1090. The van der Waals surface area contributed by atoms with Crippen LogP contribution in [0.5, 0.6) is 0 Å². The third-order valence-corrected chi connectivity index (χ3v) is 4.83. The zero-order valence-corrected chi connectivity index (χ0v) is 17.4. The number of halogens is 3. The molecular formula is C22H20F3N3O5. The summed E-state index contributed by atoms with van der Waals surface area (Å²) < 4.78 is 43.9. The van der Waals surface area contributed by atoms with Gasteiger partial charge in [-0.1, -0.05) is 29.8 Å². The predicted octanol–water partition coefficient (Wildman–Crippen LogP) is 2.69. The van der Waals surface area contributed by atoms with Gasteiger partial charge in [0.1, 0.15) is 0 Å². The number of carbonyl (C=O) groups is 4. The second kappa shape index (κ2) is 9.72. The first-order chi connectivity index (χ1) is 15.5. The summed E-state index contributed by atoms with van der Waals surface area (Å²) in [5.74, 6) is -3.82. The van der Waals surface area contributed by atoms with E-state index in [1.807, 2.05) is 13.0 Å². The maximum atomic E-state index is 13.0. The molecule has 0 spiro atoms. The quantitative estimate of drug-likeness (QED) is 0.641. The van der Waals surface area contributed by atoms with Gasteiger partial charge in [0.25, 0.3) is 11.8 Å². The molecule has 2 aromatic carbocycles. The molecule has 1 aliphatic rings. The lowest BCUT2D eigenvalue weighted by atomic mass is 10.1. The summed E-state index contributed by atoms with van der Waals surface area (Å²) in [5, 5.41) is 3.06. The Balaban J connectivity index is 1.52. The summed E-state index contributed by atoms with van der Waals surface area (Å²) in [7, 11) is 0. The first-order valence-electron chi connectivity index (χ1n) is 9.85. The highest BCUT2D eigenvalue weighted by atomic mass is 19.4. The number of ether oxygens (including phenoxy) is 1. The predicted molar refractivity (Wildman–Crippen MR) is 109 cm³/mol. The van der Waals surface area contributed by atoms with Crippen molar-refractivity contribution in [3.63, 3.8) is 0 Å². The molecule has 0 aromatic heterocycles. The second-order valence-corrected chi connectivity index (χ2v) is 7.42. The molecule has 8 nitrogen and oxygen atoms in total. The molecule has 3 rings (SSSR count). The van der Waals surface area contributed by atoms with E-state index in [4.69, 9.17) is 4.74 Å². The molecule has 3 amide bonds. The molecule has 0 radical (unpaired) electrons. The van der Waals surface area contributed by atoms with Gasteiger partial charge in [0, 0.05) is 12.0 Å². The summed E-state index contributed by atoms with van der Waals surface area (Å²) in [4.78, 5) is 48.7. The Labute approximate surface area is 186 Å². The van der Waals surface area contributed by atoms with Crippen LogP contribution in [-0.4, -0.2) is 41.9 Å². The molecule has 1 atom stereocenters. The average Bonchev–Trinajstić information content (AvgIpc) is 3.12. The van der Waals surface area contributed by atoms with Crippen LogP contribution >= 0.6 is 0 Å². The zero-order valence-electron chi connectivity index (χ0n) is 17.4. The van der Waals surface area contributed by atoms with Gasteiger partial charge < -0.3 is 10.1 Å². The minimum Gasteiger partial charge on any atom is -0.455 e. The maximum absolute atomic E-state index is 13.0. The van der Waals surface area contributed by atoms with Gasteiger partial charge >= 0.3 is 12.1 Å². The number of rotatable bonds is 6. The third-order valence-electron chi connectivity index (χ3n) is 4.83. The van der Waals surface area contributed by atoms with Crippen LogP contribution < -0.4 is 10.7 Å². The van der Waals surface area contributed by atoms with E-state index in [1.165, 1.54) is 12.1 Å². The molecule has 1 heterocycles. The fraction of sp³-hybridized carbons (Fsp3) is 0.273. The van der Waals surface area contributed by atoms with Gasteiger partial charge in [0.2, 0.25) is 5.91 Å². The number of nitrogens with zero attached hydrogens (tertiary/aromatic N) is 1. The minimum atomic E-state index is -4.67. The van der Waals surface area contributed by atoms with E-state index in [-0.39, 0.29) is 13.0 Å². The van der Waals surface area contributed by atoms with E-state index in [0.717, 1.165) is 22.7 Å². The van der Waals surface area contributed by atoms with Crippen molar-refractivity contribution in [2.45, 2.75) is 19.5 Å². The number of amides is 3. The summed E-state index contributed by atoms with van der Waals surface area (Å²) in [6.45, 7) is 0.820.